The van der Waals surface area contributed by atoms with E-state index < -0.39 is 0 Å². The lowest BCUT2D eigenvalue weighted by molar-refractivity contribution is 0.356. The van der Waals surface area contributed by atoms with E-state index in [9.17, 15) is 0 Å². The van der Waals surface area contributed by atoms with E-state index in [1.54, 1.807) is 38.0 Å². The van der Waals surface area contributed by atoms with Crippen molar-refractivity contribution in [3.63, 3.8) is 0 Å². The predicted molar refractivity (Wildman–Crippen MR) is 108 cm³/mol. The molecule has 4 rings (SSSR count). The molecule has 0 amide bonds. The van der Waals surface area contributed by atoms with Gasteiger partial charge < -0.3 is 13.9 Å². The molecule has 0 aliphatic carbocycles. The molecule has 0 bridgehead atoms. The van der Waals surface area contributed by atoms with Gasteiger partial charge in [-0.15, -0.1) is 21.5 Å². The summed E-state index contributed by atoms with van der Waals surface area (Å²) >= 11 is 3.00. The number of rotatable bonds is 7. The van der Waals surface area contributed by atoms with Crippen molar-refractivity contribution >= 4 is 23.1 Å². The van der Waals surface area contributed by atoms with Crippen LogP contribution in [0, 0.1) is 0 Å². The highest BCUT2D eigenvalue weighted by Gasteiger charge is 2.15. The number of benzene rings is 1. The molecular formula is C19H16N4O3S2. The molecule has 0 atom stereocenters. The molecule has 0 spiro atoms. The number of para-hydroxylation sites is 1. The molecule has 4 aromatic rings. The van der Waals surface area contributed by atoms with Crippen LogP contribution >= 0.6 is 23.1 Å². The van der Waals surface area contributed by atoms with Crippen LogP contribution in [0.15, 0.2) is 57.7 Å². The van der Waals surface area contributed by atoms with Crippen LogP contribution < -0.4 is 9.47 Å². The van der Waals surface area contributed by atoms with E-state index in [-0.39, 0.29) is 0 Å². The fourth-order valence-corrected chi connectivity index (χ4v) is 4.17. The number of hydrogen-bond acceptors (Lipinski definition) is 9. The minimum absolute atomic E-state index is 0.477. The van der Waals surface area contributed by atoms with Gasteiger partial charge in [0.05, 0.1) is 25.5 Å². The Balaban J connectivity index is 1.47. The van der Waals surface area contributed by atoms with Crippen LogP contribution in [0.1, 0.15) is 5.69 Å². The van der Waals surface area contributed by atoms with Gasteiger partial charge in [0.2, 0.25) is 5.89 Å². The highest BCUT2D eigenvalue weighted by atomic mass is 32.2. The number of ether oxygens (including phenoxy) is 2. The third-order valence-corrected chi connectivity index (χ3v) is 5.64. The van der Waals surface area contributed by atoms with Crippen LogP contribution in [0.2, 0.25) is 0 Å². The second kappa shape index (κ2) is 8.41. The molecule has 0 saturated carbocycles. The maximum atomic E-state index is 5.70. The lowest BCUT2D eigenvalue weighted by Gasteiger charge is -2.10. The fraction of sp³-hybridized carbons (Fsp3) is 0.158. The summed E-state index contributed by atoms with van der Waals surface area (Å²) in [6, 6.07) is 9.41. The van der Waals surface area contributed by atoms with E-state index in [4.69, 9.17) is 18.9 Å². The number of thiazole rings is 1. The summed E-state index contributed by atoms with van der Waals surface area (Å²) in [5, 5.41) is 11.6. The van der Waals surface area contributed by atoms with Crippen molar-refractivity contribution in [2.24, 2.45) is 0 Å². The SMILES string of the molecule is COc1cccc(-c2nc(CSc3nnc(-c4ccncc4)o3)cs2)c1OC. The number of thioether (sulfide) groups is 1. The summed E-state index contributed by atoms with van der Waals surface area (Å²) in [6.45, 7) is 0. The van der Waals surface area contributed by atoms with Crippen molar-refractivity contribution in [2.75, 3.05) is 14.2 Å². The normalized spacial score (nSPS) is 10.8. The van der Waals surface area contributed by atoms with E-state index in [1.807, 2.05) is 35.7 Å². The number of pyridine rings is 1. The van der Waals surface area contributed by atoms with Gasteiger partial charge in [-0.2, -0.15) is 0 Å². The summed E-state index contributed by atoms with van der Waals surface area (Å²) in [6.07, 6.45) is 3.38. The van der Waals surface area contributed by atoms with E-state index >= 15 is 0 Å². The van der Waals surface area contributed by atoms with Crippen molar-refractivity contribution < 1.29 is 13.9 Å². The second-order valence-corrected chi connectivity index (χ2v) is 7.37. The fourth-order valence-electron chi connectivity index (χ4n) is 2.57. The van der Waals surface area contributed by atoms with Crippen LogP contribution in [0.4, 0.5) is 0 Å². The third-order valence-electron chi connectivity index (χ3n) is 3.86. The Labute approximate surface area is 169 Å². The zero-order valence-corrected chi connectivity index (χ0v) is 16.8. The van der Waals surface area contributed by atoms with E-state index in [0.29, 0.717) is 28.4 Å². The van der Waals surface area contributed by atoms with Crippen molar-refractivity contribution in [1.29, 1.82) is 0 Å². The predicted octanol–water partition coefficient (Wildman–Crippen LogP) is 4.56. The van der Waals surface area contributed by atoms with E-state index in [0.717, 1.165) is 21.8 Å². The average molecular weight is 412 g/mol. The zero-order valence-electron chi connectivity index (χ0n) is 15.2. The molecule has 0 aliphatic rings. The van der Waals surface area contributed by atoms with Gasteiger partial charge in [-0.25, -0.2) is 4.98 Å². The Morgan fingerprint density at radius 2 is 1.93 bits per heavy atom. The molecule has 0 aliphatic heterocycles. The molecule has 0 saturated heterocycles. The first-order valence-electron chi connectivity index (χ1n) is 8.31. The Hall–Kier alpha value is -2.91. The maximum absolute atomic E-state index is 5.70. The zero-order chi connectivity index (χ0) is 19.3. The largest absolute Gasteiger partial charge is 0.493 e. The molecular weight excluding hydrogens is 396 g/mol. The minimum Gasteiger partial charge on any atom is -0.493 e. The van der Waals surface area contributed by atoms with Crippen LogP contribution in [-0.2, 0) is 5.75 Å². The van der Waals surface area contributed by atoms with Gasteiger partial charge >= 0.3 is 0 Å². The van der Waals surface area contributed by atoms with Gasteiger partial charge in [-0.3, -0.25) is 4.98 Å². The molecule has 0 unspecified atom stereocenters. The van der Waals surface area contributed by atoms with Gasteiger partial charge in [0.25, 0.3) is 5.22 Å². The summed E-state index contributed by atoms with van der Waals surface area (Å²) in [5.41, 5.74) is 2.68. The molecule has 3 aromatic heterocycles. The lowest BCUT2D eigenvalue weighted by Crippen LogP contribution is -1.93. The first-order chi connectivity index (χ1) is 13.8. The Bertz CT molecular complexity index is 1070. The summed E-state index contributed by atoms with van der Waals surface area (Å²) in [7, 11) is 3.25. The standard InChI is InChI=1S/C19H16N4O3S2/c1-24-15-5-3-4-14(16(15)25-2)18-21-13(10-27-18)11-28-19-23-22-17(26-19)12-6-8-20-9-7-12/h3-10H,11H2,1-2H3. The number of hydrogen-bond donors (Lipinski definition) is 0. The Morgan fingerprint density at radius 1 is 1.07 bits per heavy atom. The summed E-state index contributed by atoms with van der Waals surface area (Å²) in [5.74, 6) is 2.46. The number of nitrogens with zero attached hydrogens (tertiary/aromatic N) is 4. The molecule has 0 fully saturated rings. The monoisotopic (exact) mass is 412 g/mol. The Morgan fingerprint density at radius 3 is 2.71 bits per heavy atom. The van der Waals surface area contributed by atoms with Gasteiger partial charge in [0.1, 0.15) is 5.01 Å². The molecule has 142 valence electrons. The molecule has 0 radical (unpaired) electrons. The van der Waals surface area contributed by atoms with Crippen LogP contribution in [0.5, 0.6) is 11.5 Å². The summed E-state index contributed by atoms with van der Waals surface area (Å²) < 4.78 is 16.6. The van der Waals surface area contributed by atoms with Crippen molar-refractivity contribution in [2.45, 2.75) is 11.0 Å². The first kappa shape index (κ1) is 18.5. The molecule has 3 heterocycles. The van der Waals surface area contributed by atoms with Gasteiger partial charge in [-0.1, -0.05) is 17.8 Å². The molecule has 28 heavy (non-hydrogen) atoms. The highest BCUT2D eigenvalue weighted by molar-refractivity contribution is 7.98. The number of aromatic nitrogens is 4. The number of methoxy groups -OCH3 is 2. The quantitative estimate of drug-likeness (QED) is 0.408. The molecule has 7 nitrogen and oxygen atoms in total. The van der Waals surface area contributed by atoms with Crippen molar-refractivity contribution in [3.05, 3.63) is 53.8 Å². The van der Waals surface area contributed by atoms with Crippen LogP contribution in [0.25, 0.3) is 22.0 Å². The Kier molecular flexibility index (Phi) is 5.54. The average Bonchev–Trinajstić information content (AvgIpc) is 3.42. The van der Waals surface area contributed by atoms with Crippen molar-refractivity contribution in [1.82, 2.24) is 20.2 Å². The van der Waals surface area contributed by atoms with Crippen molar-refractivity contribution in [3.8, 4) is 33.5 Å². The lowest BCUT2D eigenvalue weighted by atomic mass is 10.2. The third kappa shape index (κ3) is 3.85. The molecule has 0 N–H and O–H groups in total. The second-order valence-electron chi connectivity index (χ2n) is 5.58. The maximum Gasteiger partial charge on any atom is 0.277 e. The van der Waals surface area contributed by atoms with Gasteiger partial charge in [0.15, 0.2) is 11.5 Å². The highest BCUT2D eigenvalue weighted by Crippen LogP contribution is 2.39. The van der Waals surface area contributed by atoms with Gasteiger partial charge in [-0.05, 0) is 24.3 Å². The molecule has 1 aromatic carbocycles. The van der Waals surface area contributed by atoms with E-state index in [1.165, 1.54) is 11.8 Å². The van der Waals surface area contributed by atoms with Crippen LogP contribution in [-0.4, -0.2) is 34.4 Å². The molecule has 9 heteroatoms. The topological polar surface area (TPSA) is 83.2 Å². The summed E-state index contributed by atoms with van der Waals surface area (Å²) in [4.78, 5) is 8.69. The van der Waals surface area contributed by atoms with E-state index in [2.05, 4.69) is 15.2 Å². The smallest absolute Gasteiger partial charge is 0.277 e. The van der Waals surface area contributed by atoms with Gasteiger partial charge in [0, 0.05) is 29.1 Å². The first-order valence-corrected chi connectivity index (χ1v) is 10.2. The van der Waals surface area contributed by atoms with Crippen LogP contribution in [0.3, 0.4) is 0 Å². The minimum atomic E-state index is 0.477.